The van der Waals surface area contributed by atoms with Gasteiger partial charge in [0.15, 0.2) is 0 Å². The number of carbonyl (C=O) groups is 2. The number of halogens is 1. The van der Waals surface area contributed by atoms with Crippen LogP contribution in [0.3, 0.4) is 0 Å². The van der Waals surface area contributed by atoms with Gasteiger partial charge in [0.1, 0.15) is 18.0 Å². The molecule has 1 heterocycles. The van der Waals surface area contributed by atoms with Crippen LogP contribution in [0.5, 0.6) is 5.75 Å². The monoisotopic (exact) mass is 386 g/mol. The highest BCUT2D eigenvalue weighted by Crippen LogP contribution is 2.27. The predicted molar refractivity (Wildman–Crippen MR) is 97.0 cm³/mol. The summed E-state index contributed by atoms with van der Waals surface area (Å²) < 4.78 is 5.82. The predicted octanol–water partition coefficient (Wildman–Crippen LogP) is 1.06. The van der Waals surface area contributed by atoms with Crippen LogP contribution >= 0.6 is 11.6 Å². The number of amides is 1. The van der Waals surface area contributed by atoms with Crippen molar-refractivity contribution in [3.63, 3.8) is 0 Å². The minimum atomic E-state index is -1.54. The summed E-state index contributed by atoms with van der Waals surface area (Å²) in [4.78, 5) is 36.1. The topological polar surface area (TPSA) is 113 Å². The van der Waals surface area contributed by atoms with Crippen molar-refractivity contribution in [1.29, 1.82) is 0 Å². The highest BCUT2D eigenvalue weighted by Gasteiger charge is 2.14. The maximum absolute atomic E-state index is 12.5. The van der Waals surface area contributed by atoms with Crippen molar-refractivity contribution in [3.8, 4) is 5.75 Å². The molecule has 0 unspecified atom stereocenters. The number of carboxylic acids is 1. The molecule has 0 radical (unpaired) electrons. The van der Waals surface area contributed by atoms with Crippen LogP contribution in [0.15, 0.2) is 47.3 Å². The molecule has 8 nitrogen and oxygen atoms in total. The van der Waals surface area contributed by atoms with E-state index in [9.17, 15) is 19.5 Å². The fraction of sp³-hybridized carbons (Fsp3) is 0.111. The summed E-state index contributed by atoms with van der Waals surface area (Å²) in [7, 11) is 1.46. The Bertz CT molecular complexity index is 1110. The van der Waals surface area contributed by atoms with Crippen LogP contribution in [0.2, 0.25) is 5.02 Å². The fourth-order valence-electron chi connectivity index (χ4n) is 2.57. The van der Waals surface area contributed by atoms with E-state index < -0.39 is 29.7 Å². The van der Waals surface area contributed by atoms with Gasteiger partial charge >= 0.3 is 0 Å². The summed E-state index contributed by atoms with van der Waals surface area (Å²) in [5.41, 5.74) is -0.608. The standard InChI is InChI=1S/C18H14ClN3O5/c1-27-14-7-6-10(8-13(14)19)20-15(23)9-22-17(24)12-5-3-2-4-11(12)16(21-22)18(25)26/h2-8H,9H2,1H3,(H,20,23)(H,25,26)/p-1. The second kappa shape index (κ2) is 7.46. The number of nitrogens with zero attached hydrogens (tertiary/aromatic N) is 2. The van der Waals surface area contributed by atoms with E-state index in [1.807, 2.05) is 0 Å². The third kappa shape index (κ3) is 3.75. The molecule has 0 aliphatic rings. The molecule has 1 N–H and O–H groups in total. The molecule has 0 atom stereocenters. The van der Waals surface area contributed by atoms with Crippen LogP contribution < -0.4 is 20.7 Å². The molecule has 0 saturated heterocycles. The normalized spacial score (nSPS) is 10.6. The Balaban J connectivity index is 1.91. The van der Waals surface area contributed by atoms with Crippen molar-refractivity contribution >= 4 is 39.9 Å². The first-order valence-corrected chi connectivity index (χ1v) is 8.13. The van der Waals surface area contributed by atoms with E-state index in [2.05, 4.69) is 10.4 Å². The smallest absolute Gasteiger partial charge is 0.275 e. The third-order valence-corrected chi connectivity index (χ3v) is 4.09. The summed E-state index contributed by atoms with van der Waals surface area (Å²) in [6, 6.07) is 10.7. The molecule has 0 bridgehead atoms. The molecule has 2 aromatic carbocycles. The average Bonchev–Trinajstić information content (AvgIpc) is 2.64. The molecule has 0 fully saturated rings. The van der Waals surface area contributed by atoms with Crippen molar-refractivity contribution in [2.24, 2.45) is 0 Å². The SMILES string of the molecule is COc1ccc(NC(=O)Cn2nc(C(=O)[O-])c3ccccc3c2=O)cc1Cl. The van der Waals surface area contributed by atoms with Gasteiger partial charge in [-0.2, -0.15) is 5.10 Å². The number of hydrogen-bond donors (Lipinski definition) is 1. The van der Waals surface area contributed by atoms with Gasteiger partial charge in [-0.1, -0.05) is 29.8 Å². The second-order valence-electron chi connectivity index (χ2n) is 5.54. The first-order valence-electron chi connectivity index (χ1n) is 7.75. The molecule has 0 saturated carbocycles. The molecule has 27 heavy (non-hydrogen) atoms. The van der Waals surface area contributed by atoms with Crippen LogP contribution in [-0.4, -0.2) is 28.8 Å². The van der Waals surface area contributed by atoms with Gasteiger partial charge in [0.2, 0.25) is 5.91 Å². The Morgan fingerprint density at radius 2 is 1.93 bits per heavy atom. The first kappa shape index (κ1) is 18.4. The van der Waals surface area contributed by atoms with Crippen molar-refractivity contribution in [3.05, 3.63) is 63.5 Å². The maximum Gasteiger partial charge on any atom is 0.275 e. The van der Waals surface area contributed by atoms with E-state index >= 15 is 0 Å². The van der Waals surface area contributed by atoms with Crippen LogP contribution in [0.4, 0.5) is 5.69 Å². The number of carbonyl (C=O) groups excluding carboxylic acids is 2. The number of benzene rings is 2. The number of aromatic carboxylic acids is 1. The number of aromatic nitrogens is 2. The lowest BCUT2D eigenvalue weighted by Crippen LogP contribution is -2.34. The summed E-state index contributed by atoms with van der Waals surface area (Å²) >= 11 is 6.00. The van der Waals surface area contributed by atoms with Crippen LogP contribution in [0, 0.1) is 0 Å². The van der Waals surface area contributed by atoms with E-state index in [0.717, 1.165) is 4.68 Å². The average molecular weight is 387 g/mol. The molecule has 138 valence electrons. The quantitative estimate of drug-likeness (QED) is 0.701. The Kier molecular flexibility index (Phi) is 5.09. The molecule has 1 aromatic heterocycles. The molecule has 3 aromatic rings. The Morgan fingerprint density at radius 1 is 1.22 bits per heavy atom. The molecule has 1 amide bonds. The lowest BCUT2D eigenvalue weighted by molar-refractivity contribution is -0.255. The first-order chi connectivity index (χ1) is 12.9. The molecule has 3 rings (SSSR count). The summed E-state index contributed by atoms with van der Waals surface area (Å²) in [6.07, 6.45) is 0. The van der Waals surface area contributed by atoms with Gasteiger partial charge in [-0.25, -0.2) is 4.68 Å². The minimum absolute atomic E-state index is 0.131. The summed E-state index contributed by atoms with van der Waals surface area (Å²) in [5, 5.41) is 18.3. The van der Waals surface area contributed by atoms with Crippen molar-refractivity contribution in [2.75, 3.05) is 12.4 Å². The Morgan fingerprint density at radius 3 is 2.56 bits per heavy atom. The lowest BCUT2D eigenvalue weighted by atomic mass is 10.1. The fourth-order valence-corrected chi connectivity index (χ4v) is 2.83. The van der Waals surface area contributed by atoms with Crippen LogP contribution in [-0.2, 0) is 11.3 Å². The zero-order valence-electron chi connectivity index (χ0n) is 14.1. The number of nitrogens with one attached hydrogen (secondary N) is 1. The molecule has 0 aliphatic carbocycles. The zero-order valence-corrected chi connectivity index (χ0v) is 14.8. The van der Waals surface area contributed by atoms with Gasteiger partial charge < -0.3 is 20.0 Å². The number of methoxy groups -OCH3 is 1. The Hall–Kier alpha value is -3.39. The maximum atomic E-state index is 12.5. The Labute approximate surface area is 157 Å². The molecular weight excluding hydrogens is 374 g/mol. The zero-order chi connectivity index (χ0) is 19.6. The van der Waals surface area contributed by atoms with Crippen molar-refractivity contribution in [2.45, 2.75) is 6.54 Å². The molecule has 0 aliphatic heterocycles. The number of hydrogen-bond acceptors (Lipinski definition) is 6. The number of ether oxygens (including phenoxy) is 1. The van der Waals surface area contributed by atoms with Crippen molar-refractivity contribution < 1.29 is 19.4 Å². The van der Waals surface area contributed by atoms with Gasteiger partial charge in [0.05, 0.1) is 23.5 Å². The van der Waals surface area contributed by atoms with Crippen molar-refractivity contribution in [1.82, 2.24) is 9.78 Å². The number of rotatable bonds is 5. The van der Waals surface area contributed by atoms with Gasteiger partial charge in [0, 0.05) is 11.1 Å². The molecular formula is C18H13ClN3O5-. The van der Waals surface area contributed by atoms with Gasteiger partial charge in [-0.05, 0) is 24.3 Å². The molecule has 9 heteroatoms. The van der Waals surface area contributed by atoms with Gasteiger partial charge in [-0.15, -0.1) is 0 Å². The van der Waals surface area contributed by atoms with E-state index in [-0.39, 0.29) is 10.8 Å². The lowest BCUT2D eigenvalue weighted by Gasteiger charge is -2.12. The van der Waals surface area contributed by atoms with Gasteiger partial charge in [0.25, 0.3) is 5.56 Å². The van der Waals surface area contributed by atoms with E-state index in [1.54, 1.807) is 24.3 Å². The summed E-state index contributed by atoms with van der Waals surface area (Å²) in [5.74, 6) is -1.67. The minimum Gasteiger partial charge on any atom is -0.543 e. The largest absolute Gasteiger partial charge is 0.543 e. The van der Waals surface area contributed by atoms with E-state index in [4.69, 9.17) is 16.3 Å². The van der Waals surface area contributed by atoms with E-state index in [0.29, 0.717) is 16.5 Å². The number of carboxylic acid groups (broad SMARTS) is 1. The number of anilines is 1. The van der Waals surface area contributed by atoms with E-state index in [1.165, 1.54) is 25.3 Å². The third-order valence-electron chi connectivity index (χ3n) is 3.79. The second-order valence-corrected chi connectivity index (χ2v) is 5.95. The van der Waals surface area contributed by atoms with Gasteiger partial charge in [-0.3, -0.25) is 9.59 Å². The number of fused-ring (bicyclic) bond motifs is 1. The highest BCUT2D eigenvalue weighted by atomic mass is 35.5. The summed E-state index contributed by atoms with van der Waals surface area (Å²) in [6.45, 7) is -0.479. The van der Waals surface area contributed by atoms with Crippen LogP contribution in [0.25, 0.3) is 10.8 Å². The molecule has 0 spiro atoms. The van der Waals surface area contributed by atoms with Crippen LogP contribution in [0.1, 0.15) is 10.5 Å². The highest BCUT2D eigenvalue weighted by molar-refractivity contribution is 6.32.